The topological polar surface area (TPSA) is 138 Å². The maximum absolute atomic E-state index is 10.4. The van der Waals surface area contributed by atoms with Crippen LogP contribution >= 0.6 is 0 Å². The lowest BCUT2D eigenvalue weighted by Gasteiger charge is -2.29. The van der Waals surface area contributed by atoms with Crippen LogP contribution in [0.4, 0.5) is 0 Å². The minimum atomic E-state index is -1.60. The third-order valence-electron chi connectivity index (χ3n) is 5.98. The SMILES string of the molecule is CCCCCCCCCCCC(O)C(O)C(O)C(O)C(O)CCCCCCCC(=O)O. The fourth-order valence-corrected chi connectivity index (χ4v) is 3.82. The van der Waals surface area contributed by atoms with Crippen LogP contribution in [0.3, 0.4) is 0 Å². The lowest BCUT2D eigenvalue weighted by Crippen LogP contribution is -2.49. The Balaban J connectivity index is 3.88. The minimum absolute atomic E-state index is 0.160. The molecule has 31 heavy (non-hydrogen) atoms. The van der Waals surface area contributed by atoms with Crippen LogP contribution < -0.4 is 0 Å². The third kappa shape index (κ3) is 16.5. The average Bonchev–Trinajstić information content (AvgIpc) is 2.75. The zero-order valence-electron chi connectivity index (χ0n) is 19.5. The van der Waals surface area contributed by atoms with Gasteiger partial charge in [-0.15, -0.1) is 0 Å². The predicted molar refractivity (Wildman–Crippen MR) is 122 cm³/mol. The van der Waals surface area contributed by atoms with E-state index in [1.165, 1.54) is 38.5 Å². The van der Waals surface area contributed by atoms with E-state index in [1.54, 1.807) is 0 Å². The molecule has 0 aliphatic carbocycles. The van der Waals surface area contributed by atoms with Crippen LogP contribution in [0, 0.1) is 0 Å². The minimum Gasteiger partial charge on any atom is -0.481 e. The maximum Gasteiger partial charge on any atom is 0.303 e. The second kappa shape index (κ2) is 19.9. The lowest BCUT2D eigenvalue weighted by atomic mass is 9.94. The van der Waals surface area contributed by atoms with Crippen LogP contribution in [0.1, 0.15) is 116 Å². The van der Waals surface area contributed by atoms with Gasteiger partial charge in [-0.05, 0) is 19.3 Å². The van der Waals surface area contributed by atoms with Crippen molar-refractivity contribution in [1.82, 2.24) is 0 Å². The summed E-state index contributed by atoms with van der Waals surface area (Å²) in [4.78, 5) is 10.4. The molecule has 0 saturated carbocycles. The molecule has 7 heteroatoms. The van der Waals surface area contributed by atoms with E-state index >= 15 is 0 Å². The molecule has 0 rings (SSSR count). The molecule has 5 unspecified atom stereocenters. The number of carboxylic acids is 1. The normalized spacial score (nSPS) is 16.6. The van der Waals surface area contributed by atoms with Gasteiger partial charge >= 0.3 is 5.97 Å². The van der Waals surface area contributed by atoms with Gasteiger partial charge in [0.1, 0.15) is 18.3 Å². The molecule has 0 bridgehead atoms. The molecule has 5 atom stereocenters. The van der Waals surface area contributed by atoms with Crippen molar-refractivity contribution in [3.8, 4) is 0 Å². The molecule has 0 amide bonds. The fraction of sp³-hybridized carbons (Fsp3) is 0.958. The molecule has 186 valence electrons. The number of aliphatic hydroxyl groups is 5. The Morgan fingerprint density at radius 2 is 0.903 bits per heavy atom. The second-order valence-electron chi connectivity index (χ2n) is 8.92. The standard InChI is InChI=1S/C24H48O7/c1-2-3-4-5-6-7-8-10-13-16-19(25)22(29)24(31)23(30)20(26)17-14-11-9-12-15-18-21(27)28/h19-20,22-26,29-31H,2-18H2,1H3,(H,27,28). The highest BCUT2D eigenvalue weighted by Gasteiger charge is 2.33. The quantitative estimate of drug-likeness (QED) is 0.139. The summed E-state index contributed by atoms with van der Waals surface area (Å²) in [7, 11) is 0. The molecule has 0 spiro atoms. The van der Waals surface area contributed by atoms with E-state index in [-0.39, 0.29) is 12.8 Å². The van der Waals surface area contributed by atoms with Gasteiger partial charge in [0.25, 0.3) is 0 Å². The number of hydrogen-bond acceptors (Lipinski definition) is 6. The van der Waals surface area contributed by atoms with Crippen molar-refractivity contribution in [2.45, 2.75) is 147 Å². The van der Waals surface area contributed by atoms with Crippen molar-refractivity contribution in [3.63, 3.8) is 0 Å². The number of aliphatic hydroxyl groups excluding tert-OH is 5. The Bertz CT molecular complexity index is 419. The first-order chi connectivity index (χ1) is 14.8. The van der Waals surface area contributed by atoms with Gasteiger partial charge in [0.2, 0.25) is 0 Å². The molecule has 0 radical (unpaired) electrons. The van der Waals surface area contributed by atoms with Crippen molar-refractivity contribution in [1.29, 1.82) is 0 Å². The van der Waals surface area contributed by atoms with Crippen LogP contribution in [-0.4, -0.2) is 67.1 Å². The summed E-state index contributed by atoms with van der Waals surface area (Å²) < 4.78 is 0. The number of unbranched alkanes of at least 4 members (excludes halogenated alkanes) is 12. The molecule has 6 N–H and O–H groups in total. The molecular weight excluding hydrogens is 400 g/mol. The van der Waals surface area contributed by atoms with Gasteiger partial charge < -0.3 is 30.6 Å². The van der Waals surface area contributed by atoms with E-state index in [2.05, 4.69) is 6.92 Å². The molecule has 0 aromatic heterocycles. The Hall–Kier alpha value is -0.730. The highest BCUT2D eigenvalue weighted by molar-refractivity contribution is 5.66. The van der Waals surface area contributed by atoms with E-state index in [4.69, 9.17) is 5.11 Å². The number of aliphatic carboxylic acids is 1. The highest BCUT2D eigenvalue weighted by atomic mass is 16.4. The van der Waals surface area contributed by atoms with Gasteiger partial charge in [0.15, 0.2) is 0 Å². The Kier molecular flexibility index (Phi) is 19.4. The van der Waals surface area contributed by atoms with Gasteiger partial charge in [-0.1, -0.05) is 90.4 Å². The zero-order chi connectivity index (χ0) is 23.5. The van der Waals surface area contributed by atoms with Gasteiger partial charge in [-0.25, -0.2) is 0 Å². The van der Waals surface area contributed by atoms with Crippen LogP contribution in [0.2, 0.25) is 0 Å². The van der Waals surface area contributed by atoms with Gasteiger partial charge in [-0.3, -0.25) is 4.79 Å². The highest BCUT2D eigenvalue weighted by Crippen LogP contribution is 2.18. The molecule has 0 fully saturated rings. The van der Waals surface area contributed by atoms with Crippen molar-refractivity contribution in [2.24, 2.45) is 0 Å². The third-order valence-corrected chi connectivity index (χ3v) is 5.98. The summed E-state index contributed by atoms with van der Waals surface area (Å²) in [5.74, 6) is -0.800. The molecule has 0 aromatic rings. The smallest absolute Gasteiger partial charge is 0.303 e. The van der Waals surface area contributed by atoms with Crippen LogP contribution in [0.25, 0.3) is 0 Å². The molecule has 0 saturated heterocycles. The maximum atomic E-state index is 10.4. The van der Waals surface area contributed by atoms with E-state index in [9.17, 15) is 30.3 Å². The first-order valence-electron chi connectivity index (χ1n) is 12.4. The van der Waals surface area contributed by atoms with Gasteiger partial charge in [-0.2, -0.15) is 0 Å². The van der Waals surface area contributed by atoms with Gasteiger partial charge in [0.05, 0.1) is 12.2 Å². The van der Waals surface area contributed by atoms with E-state index in [1.807, 2.05) is 0 Å². The second-order valence-corrected chi connectivity index (χ2v) is 8.92. The van der Waals surface area contributed by atoms with Crippen LogP contribution in [-0.2, 0) is 4.79 Å². The number of carbonyl (C=O) groups is 1. The largest absolute Gasteiger partial charge is 0.481 e. The fourth-order valence-electron chi connectivity index (χ4n) is 3.82. The molecule has 7 nitrogen and oxygen atoms in total. The van der Waals surface area contributed by atoms with Gasteiger partial charge in [0, 0.05) is 6.42 Å². The Morgan fingerprint density at radius 1 is 0.548 bits per heavy atom. The van der Waals surface area contributed by atoms with Crippen molar-refractivity contribution >= 4 is 5.97 Å². The Labute approximate surface area is 188 Å². The molecule has 0 aliphatic rings. The summed E-state index contributed by atoms with van der Waals surface area (Å²) >= 11 is 0. The van der Waals surface area contributed by atoms with E-state index < -0.39 is 36.5 Å². The molecule has 0 aliphatic heterocycles. The zero-order valence-corrected chi connectivity index (χ0v) is 19.5. The summed E-state index contributed by atoms with van der Waals surface area (Å²) in [6, 6.07) is 0. The van der Waals surface area contributed by atoms with Crippen LogP contribution in [0.15, 0.2) is 0 Å². The van der Waals surface area contributed by atoms with Crippen LogP contribution in [0.5, 0.6) is 0 Å². The first-order valence-corrected chi connectivity index (χ1v) is 12.4. The Morgan fingerprint density at radius 3 is 1.29 bits per heavy atom. The summed E-state index contributed by atoms with van der Waals surface area (Å²) in [5.41, 5.74) is 0. The van der Waals surface area contributed by atoms with Crippen molar-refractivity contribution in [2.75, 3.05) is 0 Å². The molecule has 0 heterocycles. The van der Waals surface area contributed by atoms with Crippen molar-refractivity contribution < 1.29 is 35.4 Å². The predicted octanol–water partition coefficient (Wildman–Crippen LogP) is 3.53. The lowest BCUT2D eigenvalue weighted by molar-refractivity contribution is -0.137. The number of carboxylic acid groups (broad SMARTS) is 1. The summed E-state index contributed by atoms with van der Waals surface area (Å²) in [6.07, 6.45) is 7.90. The summed E-state index contributed by atoms with van der Waals surface area (Å²) in [5, 5.41) is 59.1. The van der Waals surface area contributed by atoms with Crippen molar-refractivity contribution in [3.05, 3.63) is 0 Å². The first kappa shape index (κ1) is 30.3. The number of rotatable bonds is 22. The van der Waals surface area contributed by atoms with E-state index in [0.717, 1.165) is 38.5 Å². The number of hydrogen-bond donors (Lipinski definition) is 6. The molecular formula is C24H48O7. The van der Waals surface area contributed by atoms with E-state index in [0.29, 0.717) is 19.3 Å². The monoisotopic (exact) mass is 448 g/mol. The molecule has 0 aromatic carbocycles. The summed E-state index contributed by atoms with van der Waals surface area (Å²) in [6.45, 7) is 2.20. The average molecular weight is 449 g/mol.